The van der Waals surface area contributed by atoms with E-state index in [4.69, 9.17) is 17.3 Å². The fourth-order valence-corrected chi connectivity index (χ4v) is 2.99. The molecular formula is C15H13BrClN3. The summed E-state index contributed by atoms with van der Waals surface area (Å²) < 4.78 is 3.05. The van der Waals surface area contributed by atoms with Crippen molar-refractivity contribution in [3.05, 3.63) is 57.5 Å². The molecule has 1 unspecified atom stereocenters. The first-order valence-electron chi connectivity index (χ1n) is 6.24. The van der Waals surface area contributed by atoms with E-state index in [1.165, 1.54) is 0 Å². The van der Waals surface area contributed by atoms with Crippen LogP contribution in [0, 0.1) is 0 Å². The highest BCUT2D eigenvalue weighted by Crippen LogP contribution is 2.29. The molecule has 0 radical (unpaired) electrons. The van der Waals surface area contributed by atoms with Crippen LogP contribution in [-0.4, -0.2) is 9.55 Å². The first kappa shape index (κ1) is 13.5. The van der Waals surface area contributed by atoms with E-state index >= 15 is 0 Å². The highest BCUT2D eigenvalue weighted by molar-refractivity contribution is 9.10. The van der Waals surface area contributed by atoms with Gasteiger partial charge in [-0.15, -0.1) is 0 Å². The van der Waals surface area contributed by atoms with Crippen molar-refractivity contribution in [3.8, 4) is 0 Å². The molecule has 20 heavy (non-hydrogen) atoms. The zero-order valence-electron chi connectivity index (χ0n) is 10.8. The molecule has 3 nitrogen and oxygen atoms in total. The summed E-state index contributed by atoms with van der Waals surface area (Å²) in [7, 11) is 0. The maximum absolute atomic E-state index is 6.09. The molecule has 1 aromatic heterocycles. The molecule has 0 aliphatic rings. The minimum Gasteiger partial charge on any atom is -0.369 e. The van der Waals surface area contributed by atoms with Crippen LogP contribution >= 0.6 is 27.5 Å². The molecule has 0 spiro atoms. The van der Waals surface area contributed by atoms with E-state index in [0.29, 0.717) is 11.0 Å². The average Bonchev–Trinajstić information content (AvgIpc) is 2.73. The van der Waals surface area contributed by atoms with E-state index in [1.54, 1.807) is 0 Å². The molecule has 5 heteroatoms. The summed E-state index contributed by atoms with van der Waals surface area (Å²) in [5, 5.41) is 0.681. The van der Waals surface area contributed by atoms with Crippen molar-refractivity contribution >= 4 is 44.5 Å². The van der Waals surface area contributed by atoms with Gasteiger partial charge in [-0.2, -0.15) is 0 Å². The number of hydrogen-bond acceptors (Lipinski definition) is 2. The van der Waals surface area contributed by atoms with E-state index in [2.05, 4.69) is 40.0 Å². The lowest BCUT2D eigenvalue weighted by molar-refractivity contribution is 0.667. The zero-order valence-corrected chi connectivity index (χ0v) is 13.2. The third kappa shape index (κ3) is 2.30. The highest BCUT2D eigenvalue weighted by atomic mass is 79.9. The number of fused-ring (bicyclic) bond motifs is 1. The molecule has 0 amide bonds. The topological polar surface area (TPSA) is 43.8 Å². The highest BCUT2D eigenvalue weighted by Gasteiger charge is 2.16. The van der Waals surface area contributed by atoms with Gasteiger partial charge in [-0.25, -0.2) is 4.98 Å². The van der Waals surface area contributed by atoms with Crippen LogP contribution in [0.2, 0.25) is 5.02 Å². The summed E-state index contributed by atoms with van der Waals surface area (Å²) in [6.45, 7) is 2.10. The Kier molecular flexibility index (Phi) is 3.44. The number of hydrogen-bond donors (Lipinski definition) is 1. The summed E-state index contributed by atoms with van der Waals surface area (Å²) in [6, 6.07) is 13.9. The second-order valence-corrected chi connectivity index (χ2v) is 6.06. The molecule has 102 valence electrons. The van der Waals surface area contributed by atoms with E-state index in [9.17, 15) is 0 Å². The predicted octanol–water partition coefficient (Wildman–Crippen LogP) is 4.64. The number of benzene rings is 2. The number of nitrogens with zero attached hydrogens (tertiary/aromatic N) is 2. The number of aromatic nitrogens is 2. The largest absolute Gasteiger partial charge is 0.369 e. The lowest BCUT2D eigenvalue weighted by Crippen LogP contribution is -2.10. The van der Waals surface area contributed by atoms with Gasteiger partial charge in [0.2, 0.25) is 5.95 Å². The monoisotopic (exact) mass is 349 g/mol. The number of anilines is 1. The predicted molar refractivity (Wildman–Crippen MR) is 87.1 cm³/mol. The van der Waals surface area contributed by atoms with Gasteiger partial charge in [0.05, 0.1) is 17.1 Å². The minimum absolute atomic E-state index is 0.0796. The van der Waals surface area contributed by atoms with E-state index in [0.717, 1.165) is 21.1 Å². The fourth-order valence-electron chi connectivity index (χ4n) is 2.41. The summed E-state index contributed by atoms with van der Waals surface area (Å²) >= 11 is 9.58. The molecule has 2 N–H and O–H groups in total. The zero-order chi connectivity index (χ0) is 14.3. The van der Waals surface area contributed by atoms with Crippen molar-refractivity contribution < 1.29 is 0 Å². The summed E-state index contributed by atoms with van der Waals surface area (Å²) in [6.07, 6.45) is 0. The van der Waals surface area contributed by atoms with Crippen molar-refractivity contribution in [2.24, 2.45) is 0 Å². The van der Waals surface area contributed by atoms with Gasteiger partial charge in [0.15, 0.2) is 0 Å². The van der Waals surface area contributed by atoms with Gasteiger partial charge in [0, 0.05) is 9.50 Å². The van der Waals surface area contributed by atoms with Crippen LogP contribution in [0.4, 0.5) is 5.95 Å². The summed E-state index contributed by atoms with van der Waals surface area (Å²) in [5.74, 6) is 0.495. The number of imidazole rings is 1. The molecule has 0 aliphatic carbocycles. The number of halogens is 2. The molecule has 3 aromatic rings. The molecule has 1 heterocycles. The Morgan fingerprint density at radius 2 is 2.05 bits per heavy atom. The quantitative estimate of drug-likeness (QED) is 0.731. The standard InChI is InChI=1S/C15H13BrClN3/c1-9(10-3-2-4-11(16)7-10)20-14-8-12(17)5-6-13(14)19-15(20)18/h2-9H,1H3,(H2,18,19). The molecule has 0 saturated heterocycles. The van der Waals surface area contributed by atoms with Crippen LogP contribution in [0.5, 0.6) is 0 Å². The average molecular weight is 351 g/mol. The molecule has 0 bridgehead atoms. The number of nitrogens with two attached hydrogens (primary N) is 1. The molecule has 0 saturated carbocycles. The number of rotatable bonds is 2. The maximum atomic E-state index is 6.09. The third-order valence-corrected chi connectivity index (χ3v) is 4.13. The Labute approximate surface area is 130 Å². The Morgan fingerprint density at radius 3 is 2.80 bits per heavy atom. The smallest absolute Gasteiger partial charge is 0.201 e. The molecule has 3 rings (SSSR count). The summed E-state index contributed by atoms with van der Waals surface area (Å²) in [5.41, 5.74) is 9.04. The van der Waals surface area contributed by atoms with Crippen LogP contribution in [-0.2, 0) is 0 Å². The lowest BCUT2D eigenvalue weighted by atomic mass is 10.1. The van der Waals surface area contributed by atoms with Gasteiger partial charge in [-0.1, -0.05) is 39.7 Å². The van der Waals surface area contributed by atoms with Gasteiger partial charge in [-0.3, -0.25) is 0 Å². The van der Waals surface area contributed by atoms with Crippen molar-refractivity contribution in [2.75, 3.05) is 5.73 Å². The van der Waals surface area contributed by atoms with Crippen LogP contribution in [0.15, 0.2) is 46.9 Å². The Morgan fingerprint density at radius 1 is 1.25 bits per heavy atom. The first-order valence-corrected chi connectivity index (χ1v) is 7.42. The Hall–Kier alpha value is -1.52. The van der Waals surface area contributed by atoms with Crippen LogP contribution in [0.1, 0.15) is 18.5 Å². The summed E-state index contributed by atoms with van der Waals surface area (Å²) in [4.78, 5) is 4.39. The minimum atomic E-state index is 0.0796. The third-order valence-electron chi connectivity index (χ3n) is 3.40. The van der Waals surface area contributed by atoms with Gasteiger partial charge in [0.1, 0.15) is 0 Å². The molecular weight excluding hydrogens is 338 g/mol. The van der Waals surface area contributed by atoms with Gasteiger partial charge >= 0.3 is 0 Å². The Bertz CT molecular complexity index is 782. The van der Waals surface area contributed by atoms with Gasteiger partial charge in [-0.05, 0) is 42.8 Å². The van der Waals surface area contributed by atoms with Crippen LogP contribution in [0.25, 0.3) is 11.0 Å². The number of nitrogen functional groups attached to an aromatic ring is 1. The molecule has 1 atom stereocenters. The molecule has 0 aliphatic heterocycles. The fraction of sp³-hybridized carbons (Fsp3) is 0.133. The molecule has 2 aromatic carbocycles. The van der Waals surface area contributed by atoms with E-state index in [-0.39, 0.29) is 6.04 Å². The lowest BCUT2D eigenvalue weighted by Gasteiger charge is -2.17. The van der Waals surface area contributed by atoms with E-state index < -0.39 is 0 Å². The normalized spacial score (nSPS) is 12.8. The van der Waals surface area contributed by atoms with Gasteiger partial charge < -0.3 is 10.3 Å². The Balaban J connectivity index is 2.18. The molecule has 0 fully saturated rings. The van der Waals surface area contributed by atoms with Crippen LogP contribution < -0.4 is 5.73 Å². The van der Waals surface area contributed by atoms with Crippen molar-refractivity contribution in [1.82, 2.24) is 9.55 Å². The van der Waals surface area contributed by atoms with Crippen molar-refractivity contribution in [2.45, 2.75) is 13.0 Å². The first-order chi connectivity index (χ1) is 9.56. The SMILES string of the molecule is CC(c1cccc(Br)c1)n1c(N)nc2ccc(Cl)cc21. The van der Waals surface area contributed by atoms with E-state index in [1.807, 2.05) is 34.9 Å². The van der Waals surface area contributed by atoms with Crippen molar-refractivity contribution in [3.63, 3.8) is 0 Å². The second kappa shape index (κ2) is 5.11. The maximum Gasteiger partial charge on any atom is 0.201 e. The van der Waals surface area contributed by atoms with Gasteiger partial charge in [0.25, 0.3) is 0 Å². The van der Waals surface area contributed by atoms with Crippen LogP contribution in [0.3, 0.4) is 0 Å². The second-order valence-electron chi connectivity index (χ2n) is 4.70. The van der Waals surface area contributed by atoms with Crippen molar-refractivity contribution in [1.29, 1.82) is 0 Å².